The molecule has 5 rings (SSSR count). The smallest absolute Gasteiger partial charge is 0.164 e. The Bertz CT molecular complexity index is 1190. The van der Waals surface area contributed by atoms with Gasteiger partial charge in [-0.3, -0.25) is 4.99 Å². The molecule has 0 bridgehead atoms. The summed E-state index contributed by atoms with van der Waals surface area (Å²) < 4.78 is 6.06. The molecule has 36 heavy (non-hydrogen) atoms. The SMILES string of the molecule is O[C@@H]1[C@H](O)[C@H](O)CO[C@H]1C1(Cc2ccccc2)N=CC(Cc2ccccc2)=CN1Cc1ccccc1. The summed E-state index contributed by atoms with van der Waals surface area (Å²) in [5, 5.41) is 31.9. The molecule has 1 saturated heterocycles. The van der Waals surface area contributed by atoms with Gasteiger partial charge in [0.15, 0.2) is 5.66 Å². The minimum Gasteiger partial charge on any atom is -0.388 e. The van der Waals surface area contributed by atoms with Gasteiger partial charge in [-0.2, -0.15) is 0 Å². The Morgan fingerprint density at radius 2 is 1.36 bits per heavy atom. The number of nitrogens with zero attached hydrogens (tertiary/aromatic N) is 2. The predicted molar refractivity (Wildman–Crippen MR) is 139 cm³/mol. The maximum absolute atomic E-state index is 11.1. The van der Waals surface area contributed by atoms with Crippen LogP contribution in [0, 0.1) is 0 Å². The molecular weight excluding hydrogens is 452 g/mol. The predicted octanol–water partition coefficient (Wildman–Crippen LogP) is 3.12. The summed E-state index contributed by atoms with van der Waals surface area (Å²) in [5.41, 5.74) is 3.31. The molecule has 5 atom stereocenters. The minimum atomic E-state index is -1.32. The third-order valence-corrected chi connectivity index (χ3v) is 6.98. The van der Waals surface area contributed by atoms with Crippen molar-refractivity contribution in [1.82, 2.24) is 4.90 Å². The van der Waals surface area contributed by atoms with Crippen molar-refractivity contribution in [1.29, 1.82) is 0 Å². The van der Waals surface area contributed by atoms with E-state index in [0.29, 0.717) is 19.4 Å². The zero-order valence-corrected chi connectivity index (χ0v) is 20.1. The van der Waals surface area contributed by atoms with Crippen molar-refractivity contribution in [3.63, 3.8) is 0 Å². The minimum absolute atomic E-state index is 0.0747. The Balaban J connectivity index is 1.57. The van der Waals surface area contributed by atoms with Gasteiger partial charge < -0.3 is 25.0 Å². The van der Waals surface area contributed by atoms with Crippen molar-refractivity contribution >= 4 is 6.21 Å². The summed E-state index contributed by atoms with van der Waals surface area (Å²) in [6, 6.07) is 30.3. The Hall–Kier alpha value is -3.29. The number of hydrogen-bond acceptors (Lipinski definition) is 6. The molecule has 2 aliphatic heterocycles. The summed E-state index contributed by atoms with van der Waals surface area (Å²) in [6.45, 7) is 0.462. The van der Waals surface area contributed by atoms with Gasteiger partial charge in [-0.1, -0.05) is 91.0 Å². The van der Waals surface area contributed by atoms with E-state index in [4.69, 9.17) is 9.73 Å². The summed E-state index contributed by atoms with van der Waals surface area (Å²) in [6.07, 6.45) is 0.504. The van der Waals surface area contributed by atoms with Gasteiger partial charge in [0.05, 0.1) is 6.61 Å². The fourth-order valence-corrected chi connectivity index (χ4v) is 5.09. The van der Waals surface area contributed by atoms with E-state index in [-0.39, 0.29) is 6.61 Å². The first-order chi connectivity index (χ1) is 17.5. The van der Waals surface area contributed by atoms with Crippen LogP contribution in [0.2, 0.25) is 0 Å². The molecule has 0 radical (unpaired) electrons. The molecule has 3 aromatic carbocycles. The van der Waals surface area contributed by atoms with Crippen LogP contribution >= 0.6 is 0 Å². The highest BCUT2D eigenvalue weighted by Gasteiger charge is 2.53. The molecule has 3 aromatic rings. The van der Waals surface area contributed by atoms with Crippen LogP contribution in [0.3, 0.4) is 0 Å². The lowest BCUT2D eigenvalue weighted by atomic mass is 9.83. The van der Waals surface area contributed by atoms with Gasteiger partial charge in [0, 0.05) is 31.8 Å². The van der Waals surface area contributed by atoms with Crippen LogP contribution in [-0.2, 0) is 24.1 Å². The van der Waals surface area contributed by atoms with E-state index in [2.05, 4.69) is 35.4 Å². The van der Waals surface area contributed by atoms with Gasteiger partial charge in [-0.05, 0) is 22.3 Å². The molecule has 2 heterocycles. The third kappa shape index (κ3) is 5.13. The van der Waals surface area contributed by atoms with Gasteiger partial charge in [0.1, 0.15) is 24.4 Å². The quantitative estimate of drug-likeness (QED) is 0.480. The van der Waals surface area contributed by atoms with Crippen molar-refractivity contribution in [2.75, 3.05) is 6.61 Å². The average molecular weight is 485 g/mol. The maximum Gasteiger partial charge on any atom is 0.164 e. The van der Waals surface area contributed by atoms with Crippen LogP contribution in [0.15, 0.2) is 108 Å². The molecule has 1 unspecified atom stereocenters. The zero-order chi connectivity index (χ0) is 25.0. The van der Waals surface area contributed by atoms with Crippen LogP contribution in [0.4, 0.5) is 0 Å². The first-order valence-corrected chi connectivity index (χ1v) is 12.4. The molecule has 0 saturated carbocycles. The number of aliphatic hydroxyl groups excluding tert-OH is 3. The molecule has 0 aromatic heterocycles. The van der Waals surface area contributed by atoms with E-state index in [0.717, 1.165) is 16.7 Å². The van der Waals surface area contributed by atoms with E-state index in [1.165, 1.54) is 5.56 Å². The highest BCUT2D eigenvalue weighted by Crippen LogP contribution is 2.38. The fraction of sp³-hybridized carbons (Fsp3) is 0.300. The van der Waals surface area contributed by atoms with Crippen molar-refractivity contribution in [3.05, 3.63) is 119 Å². The van der Waals surface area contributed by atoms with Crippen molar-refractivity contribution in [2.24, 2.45) is 4.99 Å². The summed E-state index contributed by atoms with van der Waals surface area (Å²) in [5.74, 6) is 0. The van der Waals surface area contributed by atoms with Gasteiger partial charge in [-0.15, -0.1) is 0 Å². The molecule has 1 fully saturated rings. The largest absolute Gasteiger partial charge is 0.388 e. The van der Waals surface area contributed by atoms with Crippen LogP contribution in [0.5, 0.6) is 0 Å². The number of rotatable bonds is 7. The van der Waals surface area contributed by atoms with Crippen molar-refractivity contribution < 1.29 is 20.1 Å². The fourth-order valence-electron chi connectivity index (χ4n) is 5.09. The molecule has 0 amide bonds. The number of allylic oxidation sites excluding steroid dienone is 1. The van der Waals surface area contributed by atoms with Crippen LogP contribution in [-0.4, -0.2) is 63.1 Å². The monoisotopic (exact) mass is 484 g/mol. The Morgan fingerprint density at radius 3 is 2.00 bits per heavy atom. The summed E-state index contributed by atoms with van der Waals surface area (Å²) in [7, 11) is 0. The van der Waals surface area contributed by atoms with E-state index in [1.54, 1.807) is 0 Å². The summed E-state index contributed by atoms with van der Waals surface area (Å²) >= 11 is 0. The maximum atomic E-state index is 11.1. The topological polar surface area (TPSA) is 85.5 Å². The molecule has 186 valence electrons. The average Bonchev–Trinajstić information content (AvgIpc) is 2.91. The van der Waals surface area contributed by atoms with Crippen molar-refractivity contribution in [2.45, 2.75) is 49.5 Å². The Labute approximate surface area is 211 Å². The second-order valence-corrected chi connectivity index (χ2v) is 9.58. The van der Waals surface area contributed by atoms with Gasteiger partial charge in [0.2, 0.25) is 0 Å². The van der Waals surface area contributed by atoms with Crippen molar-refractivity contribution in [3.8, 4) is 0 Å². The molecule has 0 spiro atoms. The number of benzene rings is 3. The second kappa shape index (κ2) is 10.8. The zero-order valence-electron chi connectivity index (χ0n) is 20.1. The molecule has 6 heteroatoms. The van der Waals surface area contributed by atoms with E-state index in [9.17, 15) is 15.3 Å². The molecular formula is C30H32N2O4. The molecule has 6 nitrogen and oxygen atoms in total. The summed E-state index contributed by atoms with van der Waals surface area (Å²) in [4.78, 5) is 7.23. The Morgan fingerprint density at radius 1 is 0.778 bits per heavy atom. The first kappa shape index (κ1) is 24.4. The number of aliphatic imine (C=N–C) groups is 1. The standard InChI is InChI=1S/C30H32N2O4/c33-26-21-36-29(28(35)27(26)34)30(17-23-12-6-2-7-13-23)31-18-25(16-22-10-4-1-5-11-22)20-32(30)19-24-14-8-3-9-15-24/h1-15,18,20,26-29,33-35H,16-17,19,21H2/t26-,27-,28-,29-,30?/m1/s1. The van der Waals surface area contributed by atoms with Gasteiger partial charge in [0.25, 0.3) is 0 Å². The van der Waals surface area contributed by atoms with Gasteiger partial charge in [-0.25, -0.2) is 0 Å². The van der Waals surface area contributed by atoms with Crippen LogP contribution in [0.1, 0.15) is 16.7 Å². The highest BCUT2D eigenvalue weighted by atomic mass is 16.5. The normalized spacial score (nSPS) is 28.1. The third-order valence-electron chi connectivity index (χ3n) is 6.98. The number of hydrogen-bond donors (Lipinski definition) is 3. The van der Waals surface area contributed by atoms with E-state index in [1.807, 2.05) is 72.9 Å². The highest BCUT2D eigenvalue weighted by molar-refractivity contribution is 5.80. The molecule has 2 aliphatic rings. The van der Waals surface area contributed by atoms with E-state index >= 15 is 0 Å². The lowest BCUT2D eigenvalue weighted by molar-refractivity contribution is -0.219. The first-order valence-electron chi connectivity index (χ1n) is 12.4. The Kier molecular flexibility index (Phi) is 7.30. The molecule has 3 N–H and O–H groups in total. The number of aliphatic hydroxyl groups is 3. The number of ether oxygens (including phenoxy) is 1. The molecule has 0 aliphatic carbocycles. The lowest BCUT2D eigenvalue weighted by Gasteiger charge is -2.51. The second-order valence-electron chi connectivity index (χ2n) is 9.58. The van der Waals surface area contributed by atoms with E-state index < -0.39 is 30.1 Å². The van der Waals surface area contributed by atoms with Gasteiger partial charge >= 0.3 is 0 Å². The van der Waals surface area contributed by atoms with Crippen LogP contribution < -0.4 is 0 Å². The van der Waals surface area contributed by atoms with Crippen LogP contribution in [0.25, 0.3) is 0 Å². The lowest BCUT2D eigenvalue weighted by Crippen LogP contribution is -2.66.